The molecule has 0 fully saturated rings. The molecule has 0 aromatic carbocycles. The Balaban J connectivity index is 4.13. The zero-order chi connectivity index (χ0) is 15.9. The normalized spacial score (nSPS) is 12.9. The molecule has 2 nitrogen and oxygen atoms in total. The van der Waals surface area contributed by atoms with Crippen molar-refractivity contribution < 1.29 is 8.53 Å². The summed E-state index contributed by atoms with van der Waals surface area (Å²) in [5.74, 6) is 0. The van der Waals surface area contributed by atoms with Gasteiger partial charge >= 0.3 is 14.5 Å². The predicted octanol–water partition coefficient (Wildman–Crippen LogP) is 6.32. The summed E-state index contributed by atoms with van der Waals surface area (Å²) in [5.41, 5.74) is 0. The minimum atomic E-state index is -1.08. The summed E-state index contributed by atoms with van der Waals surface area (Å²) >= 11 is -1.08. The number of unbranched alkanes of at least 4 members (excludes halogenated alkanes) is 6. The van der Waals surface area contributed by atoms with Crippen molar-refractivity contribution in [1.82, 2.24) is 0 Å². The predicted molar refractivity (Wildman–Crippen MR) is 95.0 cm³/mol. The van der Waals surface area contributed by atoms with E-state index in [0.29, 0.717) is 0 Å². The average molecular weight is 314 g/mol. The molecule has 0 aromatic heterocycles. The number of rotatable bonds is 15. The van der Waals surface area contributed by atoms with Gasteiger partial charge in [-0.15, -0.1) is 0 Å². The standard InChI is InChI=1S/C6H13O2.2C6H13.Al/c1-4-6(7)8-5(2)3;2*1-3-5-6-4-2;/h5-6H,4H2,1-3H3;2*1,3-6H2,2H3;/q-1;;;+1. The number of hydrogen-bond acceptors (Lipinski definition) is 2. The first-order valence-corrected chi connectivity index (χ1v) is 11.5. The van der Waals surface area contributed by atoms with Gasteiger partial charge < -0.3 is 8.53 Å². The van der Waals surface area contributed by atoms with Crippen LogP contribution in [0.4, 0.5) is 0 Å². The van der Waals surface area contributed by atoms with Gasteiger partial charge in [0.25, 0.3) is 0 Å². The molecule has 126 valence electrons. The van der Waals surface area contributed by atoms with E-state index >= 15 is 0 Å². The second-order valence-electron chi connectivity index (χ2n) is 6.48. The van der Waals surface area contributed by atoms with Crippen molar-refractivity contribution in [3.05, 3.63) is 0 Å². The molecular formula is C18H39AlO2. The molecule has 0 aromatic rings. The van der Waals surface area contributed by atoms with Crippen molar-refractivity contribution in [2.45, 2.75) is 115 Å². The van der Waals surface area contributed by atoms with Gasteiger partial charge in [-0.3, -0.25) is 0 Å². The Morgan fingerprint density at radius 1 is 0.762 bits per heavy atom. The lowest BCUT2D eigenvalue weighted by atomic mass is 10.2. The third-order valence-corrected chi connectivity index (χ3v) is 6.65. The van der Waals surface area contributed by atoms with Crippen LogP contribution in [0.1, 0.15) is 92.4 Å². The monoisotopic (exact) mass is 314 g/mol. The van der Waals surface area contributed by atoms with Crippen LogP contribution in [0.25, 0.3) is 0 Å². The molecule has 0 heterocycles. The maximum atomic E-state index is 6.39. The first-order chi connectivity index (χ1) is 10.1. The van der Waals surface area contributed by atoms with E-state index in [-0.39, 0.29) is 12.4 Å². The topological polar surface area (TPSA) is 18.5 Å². The Hall–Kier alpha value is 0.452. The Morgan fingerprint density at radius 3 is 1.67 bits per heavy atom. The summed E-state index contributed by atoms with van der Waals surface area (Å²) in [6.07, 6.45) is 12.1. The molecule has 0 aliphatic heterocycles. The van der Waals surface area contributed by atoms with E-state index in [9.17, 15) is 0 Å². The molecule has 1 atom stereocenters. The third-order valence-electron chi connectivity index (χ3n) is 3.86. The van der Waals surface area contributed by atoms with Crippen LogP contribution in [0.15, 0.2) is 0 Å². The molecule has 1 unspecified atom stereocenters. The highest BCUT2D eigenvalue weighted by atomic mass is 27.2. The Labute approximate surface area is 138 Å². The van der Waals surface area contributed by atoms with E-state index in [1.807, 2.05) is 0 Å². The summed E-state index contributed by atoms with van der Waals surface area (Å²) in [7, 11) is 0. The maximum Gasteiger partial charge on any atom is 0.462 e. The van der Waals surface area contributed by atoms with Gasteiger partial charge in [-0.2, -0.15) is 0 Å². The molecule has 0 spiro atoms. The van der Waals surface area contributed by atoms with Crippen molar-refractivity contribution in [2.24, 2.45) is 0 Å². The van der Waals surface area contributed by atoms with Gasteiger partial charge in [0, 0.05) is 0 Å². The first-order valence-electron chi connectivity index (χ1n) is 9.44. The van der Waals surface area contributed by atoms with Crippen molar-refractivity contribution in [2.75, 3.05) is 0 Å². The Morgan fingerprint density at radius 2 is 1.29 bits per heavy atom. The minimum absolute atomic E-state index is 0.0408. The molecule has 0 saturated carbocycles. The largest absolute Gasteiger partial charge is 0.478 e. The molecule has 0 N–H and O–H groups in total. The molecular weight excluding hydrogens is 275 g/mol. The van der Waals surface area contributed by atoms with Gasteiger partial charge in [-0.1, -0.05) is 82.7 Å². The fourth-order valence-corrected chi connectivity index (χ4v) is 5.36. The van der Waals surface area contributed by atoms with Crippen LogP contribution in [-0.4, -0.2) is 26.9 Å². The van der Waals surface area contributed by atoms with E-state index in [1.54, 1.807) is 0 Å². The van der Waals surface area contributed by atoms with Gasteiger partial charge in [0.1, 0.15) is 6.29 Å². The Kier molecular flexibility index (Phi) is 15.7. The molecule has 0 aliphatic rings. The molecule has 0 bridgehead atoms. The van der Waals surface area contributed by atoms with Crippen molar-refractivity contribution in [3.8, 4) is 0 Å². The summed E-state index contributed by atoms with van der Waals surface area (Å²) in [5, 5.41) is 2.67. The van der Waals surface area contributed by atoms with Crippen LogP contribution >= 0.6 is 0 Å². The highest BCUT2D eigenvalue weighted by Gasteiger charge is 2.24. The van der Waals surface area contributed by atoms with Crippen LogP contribution in [0.3, 0.4) is 0 Å². The lowest BCUT2D eigenvalue weighted by Crippen LogP contribution is -2.29. The van der Waals surface area contributed by atoms with Crippen LogP contribution in [0, 0.1) is 0 Å². The van der Waals surface area contributed by atoms with Gasteiger partial charge in [-0.05, 0) is 20.3 Å². The number of ether oxygens (including phenoxy) is 1. The molecule has 0 radical (unpaired) electrons. The molecule has 0 rings (SSSR count). The van der Waals surface area contributed by atoms with E-state index in [1.165, 1.54) is 61.9 Å². The molecule has 0 saturated heterocycles. The van der Waals surface area contributed by atoms with Crippen molar-refractivity contribution >= 4 is 14.5 Å². The maximum absolute atomic E-state index is 6.39. The smallest absolute Gasteiger partial charge is 0.462 e. The van der Waals surface area contributed by atoms with E-state index in [0.717, 1.165) is 6.42 Å². The molecule has 0 amide bonds. The van der Waals surface area contributed by atoms with Crippen LogP contribution in [0.2, 0.25) is 10.6 Å². The van der Waals surface area contributed by atoms with Crippen LogP contribution in [-0.2, 0) is 8.53 Å². The highest BCUT2D eigenvalue weighted by Crippen LogP contribution is 2.17. The molecule has 3 heteroatoms. The van der Waals surface area contributed by atoms with Gasteiger partial charge in [0.2, 0.25) is 0 Å². The lowest BCUT2D eigenvalue weighted by Gasteiger charge is -2.24. The molecule has 0 aliphatic carbocycles. The zero-order valence-electron chi connectivity index (χ0n) is 15.3. The van der Waals surface area contributed by atoms with Crippen molar-refractivity contribution in [1.29, 1.82) is 0 Å². The molecule has 21 heavy (non-hydrogen) atoms. The van der Waals surface area contributed by atoms with Crippen LogP contribution in [0.5, 0.6) is 0 Å². The number of hydrogen-bond donors (Lipinski definition) is 0. The quantitative estimate of drug-likeness (QED) is 0.200. The fraction of sp³-hybridized carbons (Fsp3) is 1.00. The first kappa shape index (κ1) is 21.5. The fourth-order valence-electron chi connectivity index (χ4n) is 2.62. The van der Waals surface area contributed by atoms with Crippen molar-refractivity contribution in [3.63, 3.8) is 0 Å². The van der Waals surface area contributed by atoms with Crippen LogP contribution < -0.4 is 0 Å². The summed E-state index contributed by atoms with van der Waals surface area (Å²) in [6, 6.07) is 0. The third kappa shape index (κ3) is 13.8. The minimum Gasteiger partial charge on any atom is -0.478 e. The second kappa shape index (κ2) is 15.4. The second-order valence-corrected chi connectivity index (χ2v) is 9.15. The summed E-state index contributed by atoms with van der Waals surface area (Å²) in [6.45, 7) is 10.9. The summed E-state index contributed by atoms with van der Waals surface area (Å²) < 4.78 is 12.3. The van der Waals surface area contributed by atoms with Gasteiger partial charge in [0.05, 0.1) is 6.10 Å². The Bertz CT molecular complexity index is 197. The van der Waals surface area contributed by atoms with E-state index in [4.69, 9.17) is 8.53 Å². The van der Waals surface area contributed by atoms with Gasteiger partial charge in [0.15, 0.2) is 0 Å². The van der Waals surface area contributed by atoms with E-state index in [2.05, 4.69) is 34.6 Å². The highest BCUT2D eigenvalue weighted by molar-refractivity contribution is 6.51. The van der Waals surface area contributed by atoms with Gasteiger partial charge in [-0.25, -0.2) is 0 Å². The van der Waals surface area contributed by atoms with E-state index < -0.39 is 14.5 Å². The average Bonchev–Trinajstić information content (AvgIpc) is 2.46. The SMILES string of the molecule is CCCCC[CH2][Al]([CH2]CCCCC)[O]C(CC)OC(C)C. The lowest BCUT2D eigenvalue weighted by molar-refractivity contribution is -0.112. The zero-order valence-corrected chi connectivity index (χ0v) is 16.5. The summed E-state index contributed by atoms with van der Waals surface area (Å²) in [4.78, 5) is 0.